The number of nitrogens with zero attached hydrogens (tertiary/aromatic N) is 2. The summed E-state index contributed by atoms with van der Waals surface area (Å²) in [5.41, 5.74) is 1.61. The van der Waals surface area contributed by atoms with Gasteiger partial charge in [0, 0.05) is 18.7 Å². The van der Waals surface area contributed by atoms with E-state index < -0.39 is 15.3 Å². The number of sulfonamides is 1. The topological polar surface area (TPSA) is 93.4 Å². The molecule has 18 heavy (non-hydrogen) atoms. The Bertz CT molecular complexity index is 571. The highest BCUT2D eigenvalue weighted by Gasteiger charge is 2.36. The highest BCUT2D eigenvalue weighted by atomic mass is 32.2. The second-order valence-electron chi connectivity index (χ2n) is 4.46. The maximum atomic E-state index is 11.7. The van der Waals surface area contributed by atoms with Crippen molar-refractivity contribution < 1.29 is 13.2 Å². The third-order valence-corrected chi connectivity index (χ3v) is 4.19. The van der Waals surface area contributed by atoms with Crippen molar-refractivity contribution >= 4 is 15.9 Å². The van der Waals surface area contributed by atoms with Gasteiger partial charge in [-0.1, -0.05) is 6.07 Å². The first-order valence-corrected chi connectivity index (χ1v) is 7.19. The molecule has 98 valence electrons. The SMILES string of the molecule is Cc1cccc(CN2CC(S(N)(=O)=O)CC2=O)n1. The first-order valence-electron chi connectivity index (χ1n) is 5.58. The van der Waals surface area contributed by atoms with Gasteiger partial charge in [0.15, 0.2) is 0 Å². The van der Waals surface area contributed by atoms with E-state index in [2.05, 4.69) is 4.98 Å². The first kappa shape index (κ1) is 13.0. The van der Waals surface area contributed by atoms with Crippen molar-refractivity contribution in [2.75, 3.05) is 6.54 Å². The van der Waals surface area contributed by atoms with Crippen LogP contribution in [0.1, 0.15) is 17.8 Å². The molecular formula is C11H15N3O3S. The monoisotopic (exact) mass is 269 g/mol. The molecule has 0 spiro atoms. The highest BCUT2D eigenvalue weighted by molar-refractivity contribution is 7.89. The Balaban J connectivity index is 2.10. The summed E-state index contributed by atoms with van der Waals surface area (Å²) in [4.78, 5) is 17.5. The number of aryl methyl sites for hydroxylation is 1. The van der Waals surface area contributed by atoms with Crippen molar-refractivity contribution in [3.05, 3.63) is 29.6 Å². The summed E-state index contributed by atoms with van der Waals surface area (Å²) in [6.07, 6.45) is -0.0371. The Morgan fingerprint density at radius 1 is 1.50 bits per heavy atom. The first-order chi connectivity index (χ1) is 8.36. The van der Waals surface area contributed by atoms with Crippen LogP contribution in [0.3, 0.4) is 0 Å². The summed E-state index contributed by atoms with van der Waals surface area (Å²) in [5.74, 6) is -0.197. The van der Waals surface area contributed by atoms with Crippen LogP contribution in [0.2, 0.25) is 0 Å². The minimum Gasteiger partial charge on any atom is -0.335 e. The molecule has 2 rings (SSSR count). The van der Waals surface area contributed by atoms with E-state index in [0.29, 0.717) is 6.54 Å². The lowest BCUT2D eigenvalue weighted by Crippen LogP contribution is -2.32. The molecule has 0 aromatic carbocycles. The minimum absolute atomic E-state index is 0.0371. The number of hydrogen-bond acceptors (Lipinski definition) is 4. The molecule has 6 nitrogen and oxygen atoms in total. The molecule has 1 aliphatic rings. The standard InChI is InChI=1S/C11H15N3O3S/c1-8-3-2-4-9(13-8)6-14-7-10(5-11(14)15)18(12,16)17/h2-4,10H,5-7H2,1H3,(H2,12,16,17). The van der Waals surface area contributed by atoms with Crippen molar-refractivity contribution in [3.63, 3.8) is 0 Å². The summed E-state index contributed by atoms with van der Waals surface area (Å²) < 4.78 is 22.4. The zero-order valence-electron chi connectivity index (χ0n) is 10.0. The molecule has 1 unspecified atom stereocenters. The van der Waals surface area contributed by atoms with Crippen LogP contribution in [0.15, 0.2) is 18.2 Å². The Morgan fingerprint density at radius 3 is 2.78 bits per heavy atom. The van der Waals surface area contributed by atoms with Crippen LogP contribution in [0.5, 0.6) is 0 Å². The smallest absolute Gasteiger partial charge is 0.224 e. The Labute approximate surface area is 106 Å². The van der Waals surface area contributed by atoms with E-state index in [0.717, 1.165) is 11.4 Å². The lowest BCUT2D eigenvalue weighted by atomic mass is 10.3. The molecule has 0 radical (unpaired) electrons. The van der Waals surface area contributed by atoms with E-state index in [-0.39, 0.29) is 18.9 Å². The van der Waals surface area contributed by atoms with Crippen LogP contribution in [0.4, 0.5) is 0 Å². The molecular weight excluding hydrogens is 254 g/mol. The number of rotatable bonds is 3. The fourth-order valence-corrected chi connectivity index (χ4v) is 2.75. The van der Waals surface area contributed by atoms with E-state index in [1.165, 1.54) is 4.90 Å². The van der Waals surface area contributed by atoms with Gasteiger partial charge < -0.3 is 4.90 Å². The molecule has 1 amide bonds. The Kier molecular flexibility index (Phi) is 3.36. The molecule has 1 fully saturated rings. The van der Waals surface area contributed by atoms with E-state index in [1.54, 1.807) is 0 Å². The average Bonchev–Trinajstić information content (AvgIpc) is 2.60. The van der Waals surface area contributed by atoms with Gasteiger partial charge in [0.25, 0.3) is 0 Å². The molecule has 0 bridgehead atoms. The van der Waals surface area contributed by atoms with Crippen LogP contribution in [-0.4, -0.2) is 36.0 Å². The predicted octanol–water partition coefficient (Wildman–Crippen LogP) is -0.221. The lowest BCUT2D eigenvalue weighted by Gasteiger charge is -2.15. The van der Waals surface area contributed by atoms with Gasteiger partial charge in [0.1, 0.15) is 5.25 Å². The summed E-state index contributed by atoms with van der Waals surface area (Å²) in [6, 6.07) is 5.53. The molecule has 2 N–H and O–H groups in total. The molecule has 1 saturated heterocycles. The normalized spacial score (nSPS) is 20.4. The van der Waals surface area contributed by atoms with Crippen molar-refractivity contribution in [1.82, 2.24) is 9.88 Å². The maximum absolute atomic E-state index is 11.7. The largest absolute Gasteiger partial charge is 0.335 e. The van der Waals surface area contributed by atoms with Crippen LogP contribution in [0.25, 0.3) is 0 Å². The third-order valence-electron chi connectivity index (χ3n) is 2.94. The van der Waals surface area contributed by atoms with Gasteiger partial charge in [0.2, 0.25) is 15.9 Å². The Morgan fingerprint density at radius 2 is 2.22 bits per heavy atom. The van der Waals surface area contributed by atoms with Crippen LogP contribution < -0.4 is 5.14 Å². The zero-order chi connectivity index (χ0) is 13.3. The number of primary sulfonamides is 1. The number of hydrogen-bond donors (Lipinski definition) is 1. The van der Waals surface area contributed by atoms with Gasteiger partial charge in [-0.2, -0.15) is 0 Å². The number of aromatic nitrogens is 1. The molecule has 0 aliphatic carbocycles. The van der Waals surface area contributed by atoms with Crippen LogP contribution >= 0.6 is 0 Å². The number of carbonyl (C=O) groups is 1. The van der Waals surface area contributed by atoms with Crippen molar-refractivity contribution in [2.24, 2.45) is 5.14 Å². The fraction of sp³-hybridized carbons (Fsp3) is 0.455. The quantitative estimate of drug-likeness (QED) is 0.821. The van der Waals surface area contributed by atoms with Crippen molar-refractivity contribution in [1.29, 1.82) is 0 Å². The van der Waals surface area contributed by atoms with E-state index in [9.17, 15) is 13.2 Å². The van der Waals surface area contributed by atoms with Crippen LogP contribution in [0, 0.1) is 6.92 Å². The summed E-state index contributed by atoms with van der Waals surface area (Å²) >= 11 is 0. The summed E-state index contributed by atoms with van der Waals surface area (Å²) in [7, 11) is -3.65. The Hall–Kier alpha value is -1.47. The molecule has 1 atom stereocenters. The molecule has 1 aromatic heterocycles. The average molecular weight is 269 g/mol. The molecule has 1 aliphatic heterocycles. The maximum Gasteiger partial charge on any atom is 0.224 e. The van der Waals surface area contributed by atoms with Gasteiger partial charge in [-0.15, -0.1) is 0 Å². The van der Waals surface area contributed by atoms with Gasteiger partial charge >= 0.3 is 0 Å². The molecule has 2 heterocycles. The highest BCUT2D eigenvalue weighted by Crippen LogP contribution is 2.18. The number of nitrogens with two attached hydrogens (primary N) is 1. The second-order valence-corrected chi connectivity index (χ2v) is 6.30. The van der Waals surface area contributed by atoms with Crippen LogP contribution in [-0.2, 0) is 21.4 Å². The third kappa shape index (κ3) is 2.85. The van der Waals surface area contributed by atoms with Crippen molar-refractivity contribution in [3.8, 4) is 0 Å². The number of amides is 1. The predicted molar refractivity (Wildman–Crippen MR) is 65.9 cm³/mol. The van der Waals surface area contributed by atoms with E-state index in [1.807, 2.05) is 25.1 Å². The van der Waals surface area contributed by atoms with Gasteiger partial charge in [0.05, 0.1) is 12.2 Å². The molecule has 0 saturated carbocycles. The van der Waals surface area contributed by atoms with Gasteiger partial charge in [-0.05, 0) is 19.1 Å². The summed E-state index contributed by atoms with van der Waals surface area (Å²) in [6.45, 7) is 2.34. The van der Waals surface area contributed by atoms with E-state index in [4.69, 9.17) is 5.14 Å². The number of likely N-dealkylation sites (tertiary alicyclic amines) is 1. The number of carbonyl (C=O) groups excluding carboxylic acids is 1. The number of pyridine rings is 1. The lowest BCUT2D eigenvalue weighted by molar-refractivity contribution is -0.128. The summed E-state index contributed by atoms with van der Waals surface area (Å²) in [5, 5.41) is 4.26. The minimum atomic E-state index is -3.65. The van der Waals surface area contributed by atoms with E-state index >= 15 is 0 Å². The second kappa shape index (κ2) is 4.66. The fourth-order valence-electron chi connectivity index (χ4n) is 1.99. The van der Waals surface area contributed by atoms with Gasteiger partial charge in [-0.3, -0.25) is 9.78 Å². The molecule has 1 aromatic rings. The van der Waals surface area contributed by atoms with Crippen molar-refractivity contribution in [2.45, 2.75) is 25.1 Å². The van der Waals surface area contributed by atoms with Gasteiger partial charge in [-0.25, -0.2) is 13.6 Å². The zero-order valence-corrected chi connectivity index (χ0v) is 10.9. The molecule has 7 heteroatoms.